The highest BCUT2D eigenvalue weighted by molar-refractivity contribution is 5.85. The minimum Gasteiger partial charge on any atom is -0.461 e. The van der Waals surface area contributed by atoms with Gasteiger partial charge in [-0.2, -0.15) is 0 Å². The van der Waals surface area contributed by atoms with Gasteiger partial charge in [-0.05, 0) is 19.1 Å². The molecule has 19 heavy (non-hydrogen) atoms. The highest BCUT2D eigenvalue weighted by Gasteiger charge is 2.19. The zero-order valence-corrected chi connectivity index (χ0v) is 11.7. The number of nitrogens with one attached hydrogen (secondary N) is 1. The molecule has 1 fully saturated rings. The molecule has 0 spiro atoms. The Morgan fingerprint density at radius 3 is 3.11 bits per heavy atom. The molecule has 6 heteroatoms. The normalized spacial score (nSPS) is 20.2. The van der Waals surface area contributed by atoms with Gasteiger partial charge in [0.25, 0.3) is 0 Å². The van der Waals surface area contributed by atoms with Crippen LogP contribution in [0.5, 0.6) is 0 Å². The number of rotatable bonds is 3. The molecule has 0 aromatic carbocycles. The molecule has 1 aliphatic heterocycles. The van der Waals surface area contributed by atoms with E-state index in [1.165, 1.54) is 0 Å². The number of nitrogens with zero attached hydrogens (tertiary/aromatic N) is 2. The Morgan fingerprint density at radius 2 is 2.37 bits per heavy atom. The molecular weight excluding hydrogens is 266 g/mol. The van der Waals surface area contributed by atoms with Crippen molar-refractivity contribution in [3.05, 3.63) is 30.2 Å². The van der Waals surface area contributed by atoms with Gasteiger partial charge in [0.05, 0.1) is 12.0 Å². The Hall–Kier alpha value is -1.30. The first-order valence-electron chi connectivity index (χ1n) is 6.27. The Labute approximate surface area is 118 Å². The van der Waals surface area contributed by atoms with Crippen LogP contribution in [-0.4, -0.2) is 35.7 Å². The van der Waals surface area contributed by atoms with E-state index in [2.05, 4.69) is 22.3 Å². The maximum Gasteiger partial charge on any atom is 0.202 e. The largest absolute Gasteiger partial charge is 0.461 e. The lowest BCUT2D eigenvalue weighted by molar-refractivity contribution is 0.161. The first kappa shape index (κ1) is 14.1. The molecule has 1 N–H and O–H groups in total. The van der Waals surface area contributed by atoms with Crippen LogP contribution in [0.4, 0.5) is 0 Å². The smallest absolute Gasteiger partial charge is 0.202 e. The van der Waals surface area contributed by atoms with E-state index in [0.29, 0.717) is 11.8 Å². The molecule has 0 unspecified atom stereocenters. The van der Waals surface area contributed by atoms with Gasteiger partial charge in [-0.3, -0.25) is 4.90 Å². The fourth-order valence-electron chi connectivity index (χ4n) is 2.25. The third-order valence-corrected chi connectivity index (χ3v) is 3.33. The monoisotopic (exact) mass is 283 g/mol. The number of hydrogen-bond donors (Lipinski definition) is 1. The lowest BCUT2D eigenvalue weighted by Gasteiger charge is -2.33. The van der Waals surface area contributed by atoms with E-state index in [9.17, 15) is 0 Å². The Bertz CT molecular complexity index is 498. The van der Waals surface area contributed by atoms with Crippen LogP contribution in [0.3, 0.4) is 0 Å². The molecule has 2 aromatic heterocycles. The summed E-state index contributed by atoms with van der Waals surface area (Å²) in [6.07, 6.45) is 1.63. The van der Waals surface area contributed by atoms with Crippen molar-refractivity contribution in [1.29, 1.82) is 0 Å². The van der Waals surface area contributed by atoms with Gasteiger partial charge in [0.1, 0.15) is 0 Å². The van der Waals surface area contributed by atoms with E-state index in [4.69, 9.17) is 8.94 Å². The average molecular weight is 284 g/mol. The van der Waals surface area contributed by atoms with Crippen LogP contribution < -0.4 is 5.32 Å². The molecular formula is C13H18ClN3O2. The van der Waals surface area contributed by atoms with Crippen LogP contribution in [0.1, 0.15) is 12.6 Å². The Morgan fingerprint density at radius 1 is 1.47 bits per heavy atom. The van der Waals surface area contributed by atoms with E-state index in [-0.39, 0.29) is 12.4 Å². The van der Waals surface area contributed by atoms with Gasteiger partial charge in [0.2, 0.25) is 5.76 Å². The van der Waals surface area contributed by atoms with E-state index < -0.39 is 0 Å². The Balaban J connectivity index is 0.00000133. The summed E-state index contributed by atoms with van der Waals surface area (Å²) in [5.74, 6) is 1.42. The molecule has 1 atom stereocenters. The summed E-state index contributed by atoms with van der Waals surface area (Å²) in [6.45, 7) is 6.16. The molecule has 0 bridgehead atoms. The summed E-state index contributed by atoms with van der Waals surface area (Å²) < 4.78 is 10.6. The van der Waals surface area contributed by atoms with Crippen LogP contribution in [0, 0.1) is 0 Å². The summed E-state index contributed by atoms with van der Waals surface area (Å²) in [6, 6.07) is 6.20. The first-order valence-corrected chi connectivity index (χ1v) is 6.27. The summed E-state index contributed by atoms with van der Waals surface area (Å²) >= 11 is 0. The molecule has 1 saturated heterocycles. The number of aromatic nitrogens is 1. The highest BCUT2D eigenvalue weighted by atomic mass is 35.5. The standard InChI is InChI=1S/C13H17N3O2.ClH/c1-10-8-14-4-5-16(10)9-11-7-13(18-15-11)12-3-2-6-17-12;/h2-3,6-7,10,14H,4-5,8-9H2,1H3;1H/t10-;/m0./s1. The second-order valence-electron chi connectivity index (χ2n) is 4.68. The molecule has 3 rings (SSSR count). The Kier molecular flexibility index (Phi) is 4.63. The lowest BCUT2D eigenvalue weighted by atomic mass is 10.2. The van der Waals surface area contributed by atoms with Gasteiger partial charge in [-0.1, -0.05) is 5.16 Å². The van der Waals surface area contributed by atoms with Crippen molar-refractivity contribution < 1.29 is 8.94 Å². The fourth-order valence-corrected chi connectivity index (χ4v) is 2.25. The predicted molar refractivity (Wildman–Crippen MR) is 74.2 cm³/mol. The van der Waals surface area contributed by atoms with Gasteiger partial charge in [-0.15, -0.1) is 12.4 Å². The summed E-state index contributed by atoms with van der Waals surface area (Å²) in [4.78, 5) is 2.40. The van der Waals surface area contributed by atoms with Crippen LogP contribution in [0.15, 0.2) is 33.4 Å². The molecule has 1 aliphatic rings. The summed E-state index contributed by atoms with van der Waals surface area (Å²) in [5, 5.41) is 7.48. The van der Waals surface area contributed by atoms with Crippen LogP contribution in [0.2, 0.25) is 0 Å². The number of piperazine rings is 1. The van der Waals surface area contributed by atoms with E-state index >= 15 is 0 Å². The quantitative estimate of drug-likeness (QED) is 0.935. The zero-order valence-electron chi connectivity index (χ0n) is 10.8. The van der Waals surface area contributed by atoms with Crippen LogP contribution >= 0.6 is 12.4 Å². The topological polar surface area (TPSA) is 54.4 Å². The van der Waals surface area contributed by atoms with Crippen LogP contribution in [-0.2, 0) is 6.54 Å². The van der Waals surface area contributed by atoms with Gasteiger partial charge in [0.15, 0.2) is 5.76 Å². The van der Waals surface area contributed by atoms with Gasteiger partial charge >= 0.3 is 0 Å². The van der Waals surface area contributed by atoms with Crippen molar-refractivity contribution in [2.45, 2.75) is 19.5 Å². The first-order chi connectivity index (χ1) is 8.83. The maximum atomic E-state index is 5.30. The number of hydrogen-bond acceptors (Lipinski definition) is 5. The molecule has 0 radical (unpaired) electrons. The van der Waals surface area contributed by atoms with Crippen molar-refractivity contribution in [3.8, 4) is 11.5 Å². The average Bonchev–Trinajstić information content (AvgIpc) is 3.02. The lowest BCUT2D eigenvalue weighted by Crippen LogP contribution is -2.49. The SMILES string of the molecule is C[C@H]1CNCCN1Cc1cc(-c2ccco2)on1.Cl. The maximum absolute atomic E-state index is 5.30. The molecule has 2 aromatic rings. The minimum atomic E-state index is 0. The summed E-state index contributed by atoms with van der Waals surface area (Å²) in [5.41, 5.74) is 0.954. The minimum absolute atomic E-state index is 0. The molecule has 5 nitrogen and oxygen atoms in total. The van der Waals surface area contributed by atoms with Gasteiger partial charge in [-0.25, -0.2) is 0 Å². The molecule has 3 heterocycles. The molecule has 104 valence electrons. The second kappa shape index (κ2) is 6.23. The van der Waals surface area contributed by atoms with Gasteiger partial charge in [0, 0.05) is 38.3 Å². The number of furan rings is 1. The van der Waals surface area contributed by atoms with E-state index in [0.717, 1.165) is 37.6 Å². The van der Waals surface area contributed by atoms with E-state index in [1.807, 2.05) is 18.2 Å². The fraction of sp³-hybridized carbons (Fsp3) is 0.462. The second-order valence-corrected chi connectivity index (χ2v) is 4.68. The zero-order chi connectivity index (χ0) is 12.4. The van der Waals surface area contributed by atoms with Crippen molar-refractivity contribution in [3.63, 3.8) is 0 Å². The molecule has 0 amide bonds. The van der Waals surface area contributed by atoms with Crippen LogP contribution in [0.25, 0.3) is 11.5 Å². The number of halogens is 1. The van der Waals surface area contributed by atoms with E-state index in [1.54, 1.807) is 6.26 Å². The highest BCUT2D eigenvalue weighted by Crippen LogP contribution is 2.21. The molecule has 0 aliphatic carbocycles. The van der Waals surface area contributed by atoms with Gasteiger partial charge < -0.3 is 14.3 Å². The van der Waals surface area contributed by atoms with Crippen molar-refractivity contribution in [2.24, 2.45) is 0 Å². The summed E-state index contributed by atoms with van der Waals surface area (Å²) in [7, 11) is 0. The third kappa shape index (κ3) is 3.18. The van der Waals surface area contributed by atoms with Crippen molar-refractivity contribution >= 4 is 12.4 Å². The van der Waals surface area contributed by atoms with Crippen molar-refractivity contribution in [1.82, 2.24) is 15.4 Å². The van der Waals surface area contributed by atoms with Crippen molar-refractivity contribution in [2.75, 3.05) is 19.6 Å². The third-order valence-electron chi connectivity index (χ3n) is 3.33. The molecule has 0 saturated carbocycles. The predicted octanol–water partition coefficient (Wildman–Crippen LogP) is 2.15.